The van der Waals surface area contributed by atoms with Crippen LogP contribution in [0, 0.1) is 0 Å². The van der Waals surface area contributed by atoms with Crippen LogP contribution in [0.25, 0.3) is 11.6 Å². The Bertz CT molecular complexity index is 1300. The quantitative estimate of drug-likeness (QED) is 0.410. The first-order valence-electron chi connectivity index (χ1n) is 13.6. The van der Waals surface area contributed by atoms with Crippen LogP contribution in [0.5, 0.6) is 0 Å². The van der Waals surface area contributed by atoms with Crippen LogP contribution in [-0.2, 0) is 28.8 Å². The number of carbonyl (C=O) groups is 1. The number of amides is 1. The summed E-state index contributed by atoms with van der Waals surface area (Å²) in [5, 5.41) is 6.70. The van der Waals surface area contributed by atoms with E-state index in [-0.39, 0.29) is 11.9 Å². The van der Waals surface area contributed by atoms with E-state index in [0.717, 1.165) is 87.0 Å². The summed E-state index contributed by atoms with van der Waals surface area (Å²) < 4.78 is 11.9. The molecule has 6 nitrogen and oxygen atoms in total. The molecule has 6 heteroatoms. The second kappa shape index (κ2) is 10.6. The number of furan rings is 1. The molecule has 1 atom stereocenters. The summed E-state index contributed by atoms with van der Waals surface area (Å²) in [5.74, 6) is 1.82. The summed E-state index contributed by atoms with van der Waals surface area (Å²) in [7, 11) is 0. The van der Waals surface area contributed by atoms with Crippen molar-refractivity contribution in [2.45, 2.75) is 45.1 Å². The standard InChI is InChI=1S/C31H35N3O3/c1-21(32-23-7-3-2-4-8-23)30-24-9-5-6-10-28(24)37-29(30)20-26-25-19-22(11-12-27(25)33-31(26)35)13-14-34-15-17-36-18-16-34/h2-4,7-8,11-12,19-21,32H,5-6,9-10,13-18H2,1H3,(H,33,35). The molecule has 3 aromatic rings. The lowest BCUT2D eigenvalue weighted by atomic mass is 9.91. The lowest BCUT2D eigenvalue weighted by Gasteiger charge is -2.26. The summed E-state index contributed by atoms with van der Waals surface area (Å²) in [6.07, 6.45) is 7.22. The van der Waals surface area contributed by atoms with Crippen LogP contribution in [0.1, 0.15) is 59.6 Å². The van der Waals surface area contributed by atoms with Crippen molar-refractivity contribution in [2.75, 3.05) is 43.5 Å². The molecule has 0 radical (unpaired) electrons. The van der Waals surface area contributed by atoms with E-state index in [1.807, 2.05) is 30.3 Å². The molecule has 3 aliphatic rings. The van der Waals surface area contributed by atoms with Gasteiger partial charge in [0.1, 0.15) is 11.5 Å². The second-order valence-electron chi connectivity index (χ2n) is 10.3. The first-order chi connectivity index (χ1) is 18.2. The van der Waals surface area contributed by atoms with Gasteiger partial charge in [0.15, 0.2) is 0 Å². The number of hydrogen-bond acceptors (Lipinski definition) is 5. The van der Waals surface area contributed by atoms with Crippen molar-refractivity contribution >= 4 is 28.9 Å². The summed E-state index contributed by atoms with van der Waals surface area (Å²) >= 11 is 0. The lowest BCUT2D eigenvalue weighted by Crippen LogP contribution is -2.37. The van der Waals surface area contributed by atoms with Gasteiger partial charge >= 0.3 is 0 Å². The van der Waals surface area contributed by atoms with E-state index in [0.29, 0.717) is 5.57 Å². The predicted octanol–water partition coefficient (Wildman–Crippen LogP) is 5.70. The van der Waals surface area contributed by atoms with Crippen LogP contribution in [0.3, 0.4) is 0 Å². The Balaban J connectivity index is 1.31. The van der Waals surface area contributed by atoms with Gasteiger partial charge in [-0.2, -0.15) is 0 Å². The van der Waals surface area contributed by atoms with Gasteiger partial charge in [-0.1, -0.05) is 24.3 Å². The van der Waals surface area contributed by atoms with E-state index in [4.69, 9.17) is 9.15 Å². The number of fused-ring (bicyclic) bond motifs is 2. The first-order valence-corrected chi connectivity index (χ1v) is 13.6. The van der Waals surface area contributed by atoms with E-state index < -0.39 is 0 Å². The van der Waals surface area contributed by atoms with E-state index >= 15 is 0 Å². The molecule has 6 rings (SSSR count). The number of nitrogens with one attached hydrogen (secondary N) is 2. The van der Waals surface area contributed by atoms with Gasteiger partial charge in [0.2, 0.25) is 0 Å². The lowest BCUT2D eigenvalue weighted by molar-refractivity contribution is -0.110. The van der Waals surface area contributed by atoms with Gasteiger partial charge in [0.05, 0.1) is 24.8 Å². The monoisotopic (exact) mass is 497 g/mol. The van der Waals surface area contributed by atoms with Crippen LogP contribution in [0.15, 0.2) is 52.9 Å². The average Bonchev–Trinajstić information content (AvgIpc) is 3.45. The molecule has 0 bridgehead atoms. The zero-order valence-electron chi connectivity index (χ0n) is 21.5. The van der Waals surface area contributed by atoms with Crippen molar-refractivity contribution in [3.63, 3.8) is 0 Å². The predicted molar refractivity (Wildman–Crippen MR) is 148 cm³/mol. The average molecular weight is 498 g/mol. The number of benzene rings is 2. The molecular formula is C31H35N3O3. The summed E-state index contributed by atoms with van der Waals surface area (Å²) in [6.45, 7) is 6.76. The molecule has 1 aliphatic carbocycles. The van der Waals surface area contributed by atoms with Crippen molar-refractivity contribution in [1.82, 2.24) is 4.90 Å². The number of morpholine rings is 1. The van der Waals surface area contributed by atoms with Crippen LogP contribution in [0.4, 0.5) is 11.4 Å². The van der Waals surface area contributed by atoms with Gasteiger partial charge in [-0.3, -0.25) is 9.69 Å². The van der Waals surface area contributed by atoms with Crippen molar-refractivity contribution in [3.05, 3.63) is 82.3 Å². The summed E-state index contributed by atoms with van der Waals surface area (Å²) in [5.41, 5.74) is 7.33. The van der Waals surface area contributed by atoms with Gasteiger partial charge < -0.3 is 19.8 Å². The van der Waals surface area contributed by atoms with E-state index in [1.54, 1.807) is 0 Å². The zero-order valence-corrected chi connectivity index (χ0v) is 21.5. The van der Waals surface area contributed by atoms with Gasteiger partial charge in [-0.25, -0.2) is 0 Å². The molecule has 0 spiro atoms. The smallest absolute Gasteiger partial charge is 0.256 e. The summed E-state index contributed by atoms with van der Waals surface area (Å²) in [4.78, 5) is 15.6. The second-order valence-corrected chi connectivity index (χ2v) is 10.3. The fourth-order valence-corrected chi connectivity index (χ4v) is 5.83. The topological polar surface area (TPSA) is 66.7 Å². The van der Waals surface area contributed by atoms with E-state index in [9.17, 15) is 4.79 Å². The number of anilines is 2. The van der Waals surface area contributed by atoms with E-state index in [2.05, 4.69) is 46.7 Å². The molecular weight excluding hydrogens is 462 g/mol. The number of nitrogens with zero attached hydrogens (tertiary/aromatic N) is 1. The molecule has 1 saturated heterocycles. The number of para-hydroxylation sites is 1. The highest BCUT2D eigenvalue weighted by atomic mass is 16.5. The Labute approximate surface area is 218 Å². The maximum atomic E-state index is 13.1. The minimum atomic E-state index is -0.0654. The highest BCUT2D eigenvalue weighted by Gasteiger charge is 2.29. The van der Waals surface area contributed by atoms with Crippen molar-refractivity contribution in [3.8, 4) is 0 Å². The molecule has 2 aromatic carbocycles. The normalized spacial score (nSPS) is 19.4. The van der Waals surface area contributed by atoms with Crippen molar-refractivity contribution < 1.29 is 13.9 Å². The fourth-order valence-electron chi connectivity index (χ4n) is 5.83. The van der Waals surface area contributed by atoms with Crippen LogP contribution in [0.2, 0.25) is 0 Å². The largest absolute Gasteiger partial charge is 0.461 e. The molecule has 192 valence electrons. The number of rotatable bonds is 7. The van der Waals surface area contributed by atoms with Gasteiger partial charge in [-0.05, 0) is 74.1 Å². The highest BCUT2D eigenvalue weighted by Crippen LogP contribution is 2.39. The molecule has 0 saturated carbocycles. The fraction of sp³-hybridized carbons (Fsp3) is 0.387. The highest BCUT2D eigenvalue weighted by molar-refractivity contribution is 6.34. The van der Waals surface area contributed by atoms with Crippen LogP contribution < -0.4 is 10.6 Å². The molecule has 1 unspecified atom stereocenters. The maximum Gasteiger partial charge on any atom is 0.256 e. The number of ether oxygens (including phenoxy) is 1. The third-order valence-corrected chi connectivity index (χ3v) is 7.79. The molecule has 1 fully saturated rings. The Hall–Kier alpha value is -3.35. The molecule has 2 aliphatic heterocycles. The summed E-state index contributed by atoms with van der Waals surface area (Å²) in [6, 6.07) is 16.7. The molecule has 3 heterocycles. The Morgan fingerprint density at radius 2 is 1.89 bits per heavy atom. The number of aryl methyl sites for hydroxylation is 1. The Morgan fingerprint density at radius 1 is 1.08 bits per heavy atom. The van der Waals surface area contributed by atoms with Crippen molar-refractivity contribution in [2.24, 2.45) is 0 Å². The Morgan fingerprint density at radius 3 is 2.73 bits per heavy atom. The van der Waals surface area contributed by atoms with Crippen molar-refractivity contribution in [1.29, 1.82) is 0 Å². The maximum absolute atomic E-state index is 13.1. The van der Waals surface area contributed by atoms with Crippen LogP contribution in [-0.4, -0.2) is 43.7 Å². The third-order valence-electron chi connectivity index (χ3n) is 7.79. The molecule has 2 N–H and O–H groups in total. The Kier molecular flexibility index (Phi) is 6.85. The third kappa shape index (κ3) is 5.09. The van der Waals surface area contributed by atoms with E-state index in [1.165, 1.54) is 23.1 Å². The SMILES string of the molecule is CC(Nc1ccccc1)c1c(C=C2C(=O)Nc3ccc(CCN4CCOCC4)cc32)oc2c1CCCC2. The zero-order chi connectivity index (χ0) is 25.2. The molecule has 1 amide bonds. The molecule has 1 aromatic heterocycles. The van der Waals surface area contributed by atoms with Crippen LogP contribution >= 0.6 is 0 Å². The van der Waals surface area contributed by atoms with Gasteiger partial charge in [0.25, 0.3) is 5.91 Å². The minimum absolute atomic E-state index is 0.0589. The van der Waals surface area contributed by atoms with Gasteiger partial charge in [-0.15, -0.1) is 0 Å². The number of carbonyl (C=O) groups excluding carboxylic acids is 1. The number of hydrogen-bond donors (Lipinski definition) is 2. The minimum Gasteiger partial charge on any atom is -0.461 e. The molecule has 37 heavy (non-hydrogen) atoms. The van der Waals surface area contributed by atoms with Gasteiger partial charge in [0, 0.05) is 48.6 Å². The first kappa shape index (κ1) is 24.0.